The van der Waals surface area contributed by atoms with Crippen LogP contribution in [-0.4, -0.2) is 4.57 Å². The van der Waals surface area contributed by atoms with Crippen molar-refractivity contribution in [1.82, 2.24) is 4.57 Å². The van der Waals surface area contributed by atoms with E-state index in [4.69, 9.17) is 0 Å². The van der Waals surface area contributed by atoms with Gasteiger partial charge in [-0.3, -0.25) is 0 Å². The highest BCUT2D eigenvalue weighted by Crippen LogP contribution is 2.37. The van der Waals surface area contributed by atoms with Crippen molar-refractivity contribution in [2.45, 2.75) is 40.2 Å². The Bertz CT molecular complexity index is 1190. The fourth-order valence-electron chi connectivity index (χ4n) is 3.94. The Balaban J connectivity index is 2.38. The van der Waals surface area contributed by atoms with E-state index in [-0.39, 0.29) is 6.54 Å². The minimum atomic E-state index is -0.446. The lowest BCUT2D eigenvalue weighted by Crippen LogP contribution is -2.05. The number of rotatable bonds is 8. The fourth-order valence-corrected chi connectivity index (χ4v) is 3.94. The summed E-state index contributed by atoms with van der Waals surface area (Å²) in [6.07, 6.45) is 9.38. The van der Waals surface area contributed by atoms with Crippen LogP contribution in [0.3, 0.4) is 0 Å². The summed E-state index contributed by atoms with van der Waals surface area (Å²) < 4.78 is 30.4. The van der Waals surface area contributed by atoms with Gasteiger partial charge in [-0.2, -0.15) is 0 Å². The summed E-state index contributed by atoms with van der Waals surface area (Å²) in [7, 11) is 0. The van der Waals surface area contributed by atoms with Crippen LogP contribution in [0.15, 0.2) is 73.4 Å². The van der Waals surface area contributed by atoms with Gasteiger partial charge in [0.1, 0.15) is 11.6 Å². The van der Waals surface area contributed by atoms with Crippen molar-refractivity contribution in [2.24, 2.45) is 0 Å². The topological polar surface area (TPSA) is 4.93 Å². The van der Waals surface area contributed by atoms with Gasteiger partial charge in [-0.05, 0) is 67.3 Å². The molecule has 0 aliphatic heterocycles. The lowest BCUT2D eigenvalue weighted by atomic mass is 9.94. The number of hydrogen-bond acceptors (Lipinski definition) is 0. The Labute approximate surface area is 183 Å². The molecule has 0 amide bonds. The Hall–Kier alpha value is -3.20. The average molecular weight is 418 g/mol. The minimum absolute atomic E-state index is 0.219. The molecule has 0 unspecified atom stereocenters. The van der Waals surface area contributed by atoms with Gasteiger partial charge in [-0.25, -0.2) is 8.78 Å². The van der Waals surface area contributed by atoms with Gasteiger partial charge in [0.25, 0.3) is 0 Å². The minimum Gasteiger partial charge on any atom is -0.336 e. The molecule has 160 valence electrons. The van der Waals surface area contributed by atoms with Gasteiger partial charge in [-0.15, -0.1) is 0 Å². The number of halogens is 2. The molecule has 2 aromatic carbocycles. The van der Waals surface area contributed by atoms with Crippen LogP contribution in [0, 0.1) is 11.6 Å². The third-order valence-corrected chi connectivity index (χ3v) is 5.76. The van der Waals surface area contributed by atoms with E-state index in [2.05, 4.69) is 58.2 Å². The zero-order valence-corrected chi connectivity index (χ0v) is 18.5. The van der Waals surface area contributed by atoms with Crippen LogP contribution in [0.5, 0.6) is 0 Å². The Morgan fingerprint density at radius 3 is 2.48 bits per heavy atom. The van der Waals surface area contributed by atoms with Gasteiger partial charge < -0.3 is 4.57 Å². The second-order valence-electron chi connectivity index (χ2n) is 7.63. The molecule has 0 aliphatic carbocycles. The van der Waals surface area contributed by atoms with Gasteiger partial charge in [-0.1, -0.05) is 56.9 Å². The molecule has 1 heterocycles. The van der Waals surface area contributed by atoms with Crippen molar-refractivity contribution in [2.75, 3.05) is 0 Å². The quantitative estimate of drug-likeness (QED) is 0.326. The van der Waals surface area contributed by atoms with Gasteiger partial charge in [0.15, 0.2) is 0 Å². The first-order valence-electron chi connectivity index (χ1n) is 10.7. The van der Waals surface area contributed by atoms with Crippen LogP contribution in [0.1, 0.15) is 49.6 Å². The average Bonchev–Trinajstić information content (AvgIpc) is 3.08. The summed E-state index contributed by atoms with van der Waals surface area (Å²) in [5.41, 5.74) is 6.80. The van der Waals surface area contributed by atoms with Crippen molar-refractivity contribution >= 4 is 22.6 Å². The van der Waals surface area contributed by atoms with E-state index < -0.39 is 11.6 Å². The maximum Gasteiger partial charge on any atom is 0.128 e. The van der Waals surface area contributed by atoms with E-state index in [1.54, 1.807) is 6.08 Å². The Kier molecular flexibility index (Phi) is 7.06. The van der Waals surface area contributed by atoms with Crippen LogP contribution in [0.25, 0.3) is 22.6 Å². The molecule has 0 spiro atoms. The maximum atomic E-state index is 14.5. The lowest BCUT2D eigenvalue weighted by Gasteiger charge is -2.12. The second kappa shape index (κ2) is 9.74. The first-order valence-corrected chi connectivity index (χ1v) is 10.7. The molecule has 31 heavy (non-hydrogen) atoms. The third-order valence-electron chi connectivity index (χ3n) is 5.76. The van der Waals surface area contributed by atoms with E-state index in [1.807, 2.05) is 16.7 Å². The smallest absolute Gasteiger partial charge is 0.128 e. The molecular formula is C28H29F2N. The molecule has 1 nitrogen and oxygen atoms in total. The Morgan fingerprint density at radius 2 is 1.84 bits per heavy atom. The highest BCUT2D eigenvalue weighted by atomic mass is 19.1. The number of fused-ring (bicyclic) bond motifs is 1. The summed E-state index contributed by atoms with van der Waals surface area (Å²) in [5, 5.41) is 1.09. The van der Waals surface area contributed by atoms with E-state index in [0.717, 1.165) is 46.6 Å². The molecule has 0 atom stereocenters. The molecule has 3 heteroatoms. The van der Waals surface area contributed by atoms with Crippen LogP contribution in [0.2, 0.25) is 0 Å². The van der Waals surface area contributed by atoms with E-state index in [1.165, 1.54) is 23.3 Å². The number of aryl methyl sites for hydroxylation is 1. The normalized spacial score (nSPS) is 12.4. The zero-order chi connectivity index (χ0) is 22.5. The molecule has 0 bridgehead atoms. The number of benzene rings is 2. The zero-order valence-electron chi connectivity index (χ0n) is 18.5. The molecule has 0 saturated heterocycles. The first kappa shape index (κ1) is 22.5. The molecule has 0 saturated carbocycles. The van der Waals surface area contributed by atoms with Gasteiger partial charge in [0.05, 0.1) is 6.54 Å². The molecular weight excluding hydrogens is 388 g/mol. The maximum absolute atomic E-state index is 14.5. The molecule has 1 aromatic heterocycles. The summed E-state index contributed by atoms with van der Waals surface area (Å²) in [4.78, 5) is 0. The van der Waals surface area contributed by atoms with Crippen LogP contribution < -0.4 is 0 Å². The summed E-state index contributed by atoms with van der Waals surface area (Å²) in [6.45, 7) is 14.5. The first-order chi connectivity index (χ1) is 14.9. The van der Waals surface area contributed by atoms with Crippen molar-refractivity contribution in [3.63, 3.8) is 0 Å². The van der Waals surface area contributed by atoms with Gasteiger partial charge >= 0.3 is 0 Å². The highest BCUT2D eigenvalue weighted by molar-refractivity contribution is 6.00. The standard InChI is InChI=1S/C28H29F2N/c1-6-10-11-23(19(5)7-2)28-24-16-20(8-3)12-15-27(24)31(26(28)9-4)18-21-17-22(29)13-14-25(21)30/h6,9-17H,1,4,7-8,18H2,2-3,5H3/b11-10-,23-19-. The number of nitrogens with zero attached hydrogens (tertiary/aromatic N) is 1. The van der Waals surface area contributed by atoms with E-state index in [9.17, 15) is 8.78 Å². The number of hydrogen-bond donors (Lipinski definition) is 0. The van der Waals surface area contributed by atoms with Gasteiger partial charge in [0, 0.05) is 27.7 Å². The van der Waals surface area contributed by atoms with E-state index >= 15 is 0 Å². The highest BCUT2D eigenvalue weighted by Gasteiger charge is 2.20. The SMILES string of the molecule is C=C/C=C\C(=C(/C)CC)c1c(C=C)n(Cc2cc(F)ccc2F)c2ccc(CC)cc12. The molecule has 0 N–H and O–H groups in total. The second-order valence-corrected chi connectivity index (χ2v) is 7.63. The molecule has 3 rings (SSSR count). The van der Waals surface area contributed by atoms with Crippen LogP contribution in [-0.2, 0) is 13.0 Å². The van der Waals surface area contributed by atoms with E-state index in [0.29, 0.717) is 5.56 Å². The number of allylic oxidation sites excluding steroid dienone is 5. The van der Waals surface area contributed by atoms with Crippen LogP contribution >= 0.6 is 0 Å². The van der Waals surface area contributed by atoms with Gasteiger partial charge in [0.2, 0.25) is 0 Å². The summed E-state index contributed by atoms with van der Waals surface area (Å²) in [5.74, 6) is -0.866. The fraction of sp³-hybridized carbons (Fsp3) is 0.214. The largest absolute Gasteiger partial charge is 0.336 e. The predicted octanol–water partition coefficient (Wildman–Crippen LogP) is 8.10. The molecule has 3 aromatic rings. The summed E-state index contributed by atoms with van der Waals surface area (Å²) in [6, 6.07) is 9.94. The lowest BCUT2D eigenvalue weighted by molar-refractivity contribution is 0.578. The van der Waals surface area contributed by atoms with Crippen molar-refractivity contribution in [3.8, 4) is 0 Å². The third kappa shape index (κ3) is 4.46. The predicted molar refractivity (Wildman–Crippen MR) is 129 cm³/mol. The van der Waals surface area contributed by atoms with Crippen LogP contribution in [0.4, 0.5) is 8.78 Å². The molecule has 0 aliphatic rings. The monoisotopic (exact) mass is 417 g/mol. The van der Waals surface area contributed by atoms with Crippen molar-refractivity contribution in [3.05, 3.63) is 107 Å². The molecule has 0 fully saturated rings. The number of aromatic nitrogens is 1. The van der Waals surface area contributed by atoms with Crippen molar-refractivity contribution < 1.29 is 8.78 Å². The Morgan fingerprint density at radius 1 is 1.06 bits per heavy atom. The van der Waals surface area contributed by atoms with Crippen molar-refractivity contribution in [1.29, 1.82) is 0 Å². The summed E-state index contributed by atoms with van der Waals surface area (Å²) >= 11 is 0. The molecule has 0 radical (unpaired) electrons.